The summed E-state index contributed by atoms with van der Waals surface area (Å²) in [6, 6.07) is 12.1. The van der Waals surface area contributed by atoms with Gasteiger partial charge in [-0.1, -0.05) is 41.9 Å². The number of thiophene rings is 1. The van der Waals surface area contributed by atoms with Crippen molar-refractivity contribution in [3.63, 3.8) is 0 Å². The molecule has 4 heterocycles. The minimum absolute atomic E-state index is 0.218. The molecule has 0 aliphatic carbocycles. The van der Waals surface area contributed by atoms with Crippen LogP contribution in [0.2, 0.25) is 5.02 Å². The van der Waals surface area contributed by atoms with Crippen molar-refractivity contribution >= 4 is 52.3 Å². The van der Waals surface area contributed by atoms with Crippen LogP contribution in [0.4, 0.5) is 18.9 Å². The summed E-state index contributed by atoms with van der Waals surface area (Å²) in [5, 5.41) is 1.22. The van der Waals surface area contributed by atoms with Crippen molar-refractivity contribution in [2.24, 2.45) is 11.8 Å². The van der Waals surface area contributed by atoms with Crippen LogP contribution in [0.5, 0.6) is 0 Å². The Balaban J connectivity index is 1.49. The van der Waals surface area contributed by atoms with E-state index in [2.05, 4.69) is 0 Å². The van der Waals surface area contributed by atoms with Gasteiger partial charge in [-0.25, -0.2) is 4.90 Å². The molecule has 2 fully saturated rings. The molecule has 36 heavy (non-hydrogen) atoms. The van der Waals surface area contributed by atoms with E-state index < -0.39 is 52.5 Å². The summed E-state index contributed by atoms with van der Waals surface area (Å²) >= 11 is 6.99. The zero-order valence-corrected chi connectivity index (χ0v) is 19.8. The number of fused-ring (bicyclic) bond motifs is 5. The molecule has 2 aromatic carbocycles. The number of amides is 2. The van der Waals surface area contributed by atoms with Crippen LogP contribution in [-0.4, -0.2) is 28.5 Å². The molecule has 0 unspecified atom stereocenters. The van der Waals surface area contributed by atoms with E-state index in [-0.39, 0.29) is 11.5 Å². The van der Waals surface area contributed by atoms with Crippen LogP contribution in [0.3, 0.4) is 0 Å². The highest BCUT2D eigenvalue weighted by Crippen LogP contribution is 2.54. The number of benzene rings is 2. The molecule has 0 saturated carbocycles. The van der Waals surface area contributed by atoms with E-state index in [9.17, 15) is 27.6 Å². The van der Waals surface area contributed by atoms with Crippen molar-refractivity contribution in [1.29, 1.82) is 0 Å². The third-order valence-electron chi connectivity index (χ3n) is 7.01. The predicted molar refractivity (Wildman–Crippen MR) is 128 cm³/mol. The summed E-state index contributed by atoms with van der Waals surface area (Å²) in [6.07, 6.45) is -1.20. The number of carbonyl (C=O) groups excluding carboxylic acids is 3. The molecule has 2 amide bonds. The lowest BCUT2D eigenvalue weighted by Gasteiger charge is -2.35. The van der Waals surface area contributed by atoms with Crippen molar-refractivity contribution in [1.82, 2.24) is 4.90 Å². The van der Waals surface area contributed by atoms with E-state index in [1.807, 2.05) is 30.3 Å². The van der Waals surface area contributed by atoms with Crippen LogP contribution >= 0.6 is 22.9 Å². The van der Waals surface area contributed by atoms with Gasteiger partial charge in [0, 0.05) is 6.20 Å². The lowest BCUT2D eigenvalue weighted by atomic mass is 9.84. The van der Waals surface area contributed by atoms with Crippen molar-refractivity contribution in [3.05, 3.63) is 92.8 Å². The number of ketones is 1. The Bertz CT molecular complexity index is 1450. The molecule has 2 saturated heterocycles. The molecule has 3 aliphatic rings. The first-order valence-electron chi connectivity index (χ1n) is 11.1. The Morgan fingerprint density at radius 1 is 0.972 bits per heavy atom. The van der Waals surface area contributed by atoms with Gasteiger partial charge in [0.25, 0.3) is 0 Å². The van der Waals surface area contributed by atoms with Gasteiger partial charge in [0.15, 0.2) is 5.78 Å². The third kappa shape index (κ3) is 3.26. The number of alkyl halides is 3. The fourth-order valence-corrected chi connectivity index (χ4v) is 6.47. The maximum Gasteiger partial charge on any atom is 0.417 e. The van der Waals surface area contributed by atoms with Crippen LogP contribution in [0.25, 0.3) is 6.08 Å². The normalized spacial score (nSPS) is 24.7. The predicted octanol–water partition coefficient (Wildman–Crippen LogP) is 5.82. The smallest absolute Gasteiger partial charge is 0.358 e. The topological polar surface area (TPSA) is 57.7 Å². The highest BCUT2D eigenvalue weighted by Gasteiger charge is 2.64. The molecule has 1 aromatic heterocycles. The summed E-state index contributed by atoms with van der Waals surface area (Å²) in [6.45, 7) is 0. The number of rotatable bonds is 3. The average Bonchev–Trinajstić information content (AvgIpc) is 3.55. The summed E-state index contributed by atoms with van der Waals surface area (Å²) < 4.78 is 40.6. The van der Waals surface area contributed by atoms with Crippen LogP contribution in [0.1, 0.15) is 32.4 Å². The van der Waals surface area contributed by atoms with E-state index in [0.29, 0.717) is 10.9 Å². The van der Waals surface area contributed by atoms with Crippen LogP contribution in [0.15, 0.2) is 66.2 Å². The van der Waals surface area contributed by atoms with E-state index in [4.69, 9.17) is 11.6 Å². The number of halogens is 4. The number of Topliss-reactive ketones (excluding diaryl/α,β-unsaturated/α-hetero) is 1. The van der Waals surface area contributed by atoms with Gasteiger partial charge in [0.05, 0.1) is 39.0 Å². The van der Waals surface area contributed by atoms with E-state index in [0.717, 1.165) is 22.1 Å². The Kier molecular flexibility index (Phi) is 5.14. The Labute approximate surface area is 212 Å². The average molecular weight is 529 g/mol. The van der Waals surface area contributed by atoms with Crippen molar-refractivity contribution < 1.29 is 27.6 Å². The number of hydrogen-bond acceptors (Lipinski definition) is 5. The quantitative estimate of drug-likeness (QED) is 0.317. The van der Waals surface area contributed by atoms with Gasteiger partial charge < -0.3 is 4.90 Å². The van der Waals surface area contributed by atoms with E-state index in [1.54, 1.807) is 28.6 Å². The molecule has 3 aliphatic heterocycles. The first-order chi connectivity index (χ1) is 17.2. The van der Waals surface area contributed by atoms with Gasteiger partial charge in [0.2, 0.25) is 11.8 Å². The van der Waals surface area contributed by atoms with Crippen LogP contribution in [0, 0.1) is 11.8 Å². The van der Waals surface area contributed by atoms with Crippen LogP contribution < -0.4 is 4.90 Å². The largest absolute Gasteiger partial charge is 0.417 e. The number of carbonyl (C=O) groups is 3. The Hall–Kier alpha value is -3.43. The van der Waals surface area contributed by atoms with Gasteiger partial charge in [-0.2, -0.15) is 13.2 Å². The molecule has 6 rings (SSSR count). The lowest BCUT2D eigenvalue weighted by Crippen LogP contribution is -2.44. The van der Waals surface area contributed by atoms with Gasteiger partial charge in [0.1, 0.15) is 6.04 Å². The van der Waals surface area contributed by atoms with Gasteiger partial charge in [-0.15, -0.1) is 11.3 Å². The second-order valence-electron chi connectivity index (χ2n) is 8.85. The molecule has 182 valence electrons. The van der Waals surface area contributed by atoms with Gasteiger partial charge in [-0.05, 0) is 46.8 Å². The van der Waals surface area contributed by atoms with Crippen LogP contribution in [-0.2, 0) is 15.8 Å². The fourth-order valence-electron chi connectivity index (χ4n) is 5.55. The SMILES string of the molecule is O=C(c1cccs1)[C@@H]1[C@@H]2C(=O)N(c3ccc(Cl)c(C(F)(F)F)c3)C(=O)[C@H]2[C@@H]2c3ccccc3C=CN12. The molecule has 4 atom stereocenters. The lowest BCUT2D eigenvalue weighted by molar-refractivity contribution is -0.137. The molecular weight excluding hydrogens is 513 g/mol. The van der Waals surface area contributed by atoms with Gasteiger partial charge in [-0.3, -0.25) is 14.4 Å². The summed E-state index contributed by atoms with van der Waals surface area (Å²) in [7, 11) is 0. The monoisotopic (exact) mass is 528 g/mol. The molecule has 10 heteroatoms. The third-order valence-corrected chi connectivity index (χ3v) is 8.22. The van der Waals surface area contributed by atoms with Gasteiger partial charge >= 0.3 is 6.18 Å². The van der Waals surface area contributed by atoms with Crippen molar-refractivity contribution in [2.75, 3.05) is 4.90 Å². The molecule has 0 spiro atoms. The summed E-state index contributed by atoms with van der Waals surface area (Å²) in [5.41, 5.74) is 0.278. The molecule has 3 aromatic rings. The number of imide groups is 1. The summed E-state index contributed by atoms with van der Waals surface area (Å²) in [5.74, 6) is -3.64. The first kappa shape index (κ1) is 23.0. The van der Waals surface area contributed by atoms with Crippen molar-refractivity contribution in [3.8, 4) is 0 Å². The van der Waals surface area contributed by atoms with Crippen molar-refractivity contribution in [2.45, 2.75) is 18.3 Å². The minimum atomic E-state index is -4.77. The Morgan fingerprint density at radius 2 is 1.72 bits per heavy atom. The Morgan fingerprint density at radius 3 is 2.44 bits per heavy atom. The zero-order chi connectivity index (χ0) is 25.4. The second-order valence-corrected chi connectivity index (χ2v) is 10.2. The highest BCUT2D eigenvalue weighted by molar-refractivity contribution is 7.12. The first-order valence-corrected chi connectivity index (χ1v) is 12.3. The molecule has 5 nitrogen and oxygen atoms in total. The number of hydrogen-bond donors (Lipinski definition) is 0. The standard InChI is InChI=1S/C26H16ClF3N2O3S/c27-17-8-7-14(12-16(17)26(28,29)30)32-24(34)19-20(25(32)35)22(23(33)18-6-3-11-36-18)31-10-9-13-4-1-2-5-15(13)21(19)31/h1-12,19-22H/t19-,20-,21+,22+/m1/s1. The molecule has 0 radical (unpaired) electrons. The highest BCUT2D eigenvalue weighted by atomic mass is 35.5. The summed E-state index contributed by atoms with van der Waals surface area (Å²) in [4.78, 5) is 44.2. The molecule has 0 N–H and O–H groups in total. The number of nitrogens with zero attached hydrogens (tertiary/aromatic N) is 2. The maximum absolute atomic E-state index is 13.8. The number of anilines is 1. The molecule has 0 bridgehead atoms. The van der Waals surface area contributed by atoms with E-state index in [1.165, 1.54) is 17.4 Å². The second kappa shape index (κ2) is 8.04. The minimum Gasteiger partial charge on any atom is -0.358 e. The zero-order valence-electron chi connectivity index (χ0n) is 18.3. The maximum atomic E-state index is 13.8. The van der Waals surface area contributed by atoms with E-state index >= 15 is 0 Å². The molecular formula is C26H16ClF3N2O3S. The fraction of sp³-hybridized carbons (Fsp3) is 0.192.